The van der Waals surface area contributed by atoms with Crippen molar-refractivity contribution in [2.75, 3.05) is 28.2 Å². The first kappa shape index (κ1) is 31.0. The lowest BCUT2D eigenvalue weighted by atomic mass is 9.93. The highest BCUT2D eigenvalue weighted by atomic mass is 32.1. The minimum atomic E-state index is -0.723. The molecule has 1 fully saturated rings. The van der Waals surface area contributed by atoms with Crippen LogP contribution in [0, 0.1) is 29.6 Å². The molecule has 0 bridgehead atoms. The molecule has 0 spiro atoms. The highest BCUT2D eigenvalue weighted by Gasteiger charge is 2.39. The molecule has 234 valence electrons. The molecule has 2 aliphatic rings. The molecule has 6 rings (SSSR count). The van der Waals surface area contributed by atoms with Crippen molar-refractivity contribution in [3.63, 3.8) is 0 Å². The summed E-state index contributed by atoms with van der Waals surface area (Å²) in [6.45, 7) is 8.75. The Labute approximate surface area is 271 Å². The molecule has 4 heterocycles. The van der Waals surface area contributed by atoms with Crippen LogP contribution in [0.2, 0.25) is 0 Å². The van der Waals surface area contributed by atoms with Crippen molar-refractivity contribution in [2.24, 2.45) is 11.3 Å². The Morgan fingerprint density at radius 2 is 1.91 bits per heavy atom. The molecule has 1 unspecified atom stereocenters. The minimum absolute atomic E-state index is 0.139. The maximum atomic E-state index is 14.1. The van der Waals surface area contributed by atoms with Gasteiger partial charge in [0.05, 0.1) is 28.4 Å². The molecule has 0 saturated carbocycles. The number of ether oxygens (including phenoxy) is 1. The summed E-state index contributed by atoms with van der Waals surface area (Å²) in [7, 11) is 0. The maximum Gasteiger partial charge on any atom is 0.331 e. The van der Waals surface area contributed by atoms with Crippen molar-refractivity contribution in [1.29, 1.82) is 5.26 Å². The summed E-state index contributed by atoms with van der Waals surface area (Å²) in [5.74, 6) is -0.278. The van der Waals surface area contributed by atoms with Crippen LogP contribution in [0.1, 0.15) is 39.2 Å². The lowest BCUT2D eigenvalue weighted by Gasteiger charge is -2.31. The second-order valence-corrected chi connectivity index (χ2v) is 13.5. The number of thiophene rings is 1. The summed E-state index contributed by atoms with van der Waals surface area (Å²) in [4.78, 5) is 49.9. The number of benzene rings is 2. The molecule has 2 aliphatic heterocycles. The van der Waals surface area contributed by atoms with Crippen LogP contribution < -0.4 is 25.2 Å². The topological polar surface area (TPSA) is 128 Å². The van der Waals surface area contributed by atoms with Gasteiger partial charge < -0.3 is 15.4 Å². The minimum Gasteiger partial charge on any atom is -0.457 e. The van der Waals surface area contributed by atoms with E-state index in [0.29, 0.717) is 51.7 Å². The number of pyridine rings is 1. The van der Waals surface area contributed by atoms with Crippen molar-refractivity contribution in [1.82, 2.24) is 10.3 Å². The van der Waals surface area contributed by atoms with E-state index in [2.05, 4.69) is 15.6 Å². The SMILES string of the molecule is Cc1cc(Oc2ccccc2)ccc1N1C(=O)Nc2c(N(C(=O)/C(C#N)=C/C(C)(C)C)C(=O)C3CCCNC3)sc3nccc1c23. The zero-order chi connectivity index (χ0) is 32.6. The normalized spacial score (nSPS) is 16.5. The van der Waals surface area contributed by atoms with Crippen LogP contribution in [0.4, 0.5) is 26.9 Å². The second-order valence-electron chi connectivity index (χ2n) is 12.5. The predicted octanol–water partition coefficient (Wildman–Crippen LogP) is 7.44. The Kier molecular flexibility index (Phi) is 8.34. The molecule has 4 amide bonds. The number of rotatable bonds is 6. The molecule has 11 heteroatoms. The quantitative estimate of drug-likeness (QED) is 0.167. The third-order valence-electron chi connectivity index (χ3n) is 7.82. The van der Waals surface area contributed by atoms with Crippen LogP contribution in [0.5, 0.6) is 11.5 Å². The van der Waals surface area contributed by atoms with Crippen LogP contribution in [0.15, 0.2) is 72.4 Å². The van der Waals surface area contributed by atoms with Gasteiger partial charge in [-0.1, -0.05) is 56.4 Å². The zero-order valence-electron chi connectivity index (χ0n) is 26.1. The first-order valence-electron chi connectivity index (χ1n) is 15.1. The number of anilines is 4. The Morgan fingerprint density at radius 3 is 2.59 bits per heavy atom. The standard InChI is InChI=1S/C35H34N6O4S/c1-21-17-25(45-24-10-6-5-7-11-24)12-13-26(21)40-27-14-16-38-30-28(27)29(39-34(40)44)33(46-30)41(31(42)22-9-8-15-37-20-22)32(43)23(19-36)18-35(2,3)4/h5-7,10-14,16-18,22,37H,8-9,15,20H2,1-4H3,(H,39,44)/b23-18+. The van der Waals surface area contributed by atoms with Crippen LogP contribution >= 0.6 is 11.3 Å². The third-order valence-corrected chi connectivity index (χ3v) is 8.90. The van der Waals surface area contributed by atoms with Crippen LogP contribution in [0.25, 0.3) is 10.2 Å². The van der Waals surface area contributed by atoms with E-state index in [-0.39, 0.29) is 10.6 Å². The Bertz CT molecular complexity index is 1910. The van der Waals surface area contributed by atoms with Crippen LogP contribution in [-0.4, -0.2) is 35.9 Å². The summed E-state index contributed by atoms with van der Waals surface area (Å²) in [6, 6.07) is 18.2. The third kappa shape index (κ3) is 5.97. The van der Waals surface area contributed by atoms with E-state index >= 15 is 0 Å². The van der Waals surface area contributed by atoms with E-state index in [1.807, 2.05) is 76.2 Å². The lowest BCUT2D eigenvalue weighted by molar-refractivity contribution is -0.127. The van der Waals surface area contributed by atoms with Gasteiger partial charge in [0.2, 0.25) is 5.91 Å². The molecule has 1 saturated heterocycles. The van der Waals surface area contributed by atoms with Gasteiger partial charge in [-0.15, -0.1) is 0 Å². The van der Waals surface area contributed by atoms with Gasteiger partial charge >= 0.3 is 6.03 Å². The zero-order valence-corrected chi connectivity index (χ0v) is 26.9. The number of nitrogens with one attached hydrogen (secondary N) is 2. The average molecular weight is 635 g/mol. The van der Waals surface area contributed by atoms with E-state index in [1.165, 1.54) is 0 Å². The number of nitriles is 1. The van der Waals surface area contributed by atoms with Gasteiger partial charge in [0.25, 0.3) is 5.91 Å². The van der Waals surface area contributed by atoms with Gasteiger partial charge in [0.15, 0.2) is 0 Å². The Morgan fingerprint density at radius 1 is 1.13 bits per heavy atom. The van der Waals surface area contributed by atoms with E-state index in [1.54, 1.807) is 29.3 Å². The first-order valence-corrected chi connectivity index (χ1v) is 16.0. The Hall–Kier alpha value is -5.05. The number of aryl methyl sites for hydroxylation is 1. The van der Waals surface area contributed by atoms with Crippen molar-refractivity contribution >= 4 is 61.5 Å². The maximum absolute atomic E-state index is 14.1. The van der Waals surface area contributed by atoms with Gasteiger partial charge in [-0.3, -0.25) is 14.5 Å². The molecule has 10 nitrogen and oxygen atoms in total. The molecule has 2 aromatic carbocycles. The lowest BCUT2D eigenvalue weighted by Crippen LogP contribution is -2.46. The van der Waals surface area contributed by atoms with Gasteiger partial charge in [-0.2, -0.15) is 5.26 Å². The van der Waals surface area contributed by atoms with E-state index in [9.17, 15) is 19.6 Å². The highest BCUT2D eigenvalue weighted by molar-refractivity contribution is 7.24. The largest absolute Gasteiger partial charge is 0.457 e. The number of urea groups is 1. The number of hydrogen-bond acceptors (Lipinski definition) is 8. The number of allylic oxidation sites excluding steroid dienone is 1. The van der Waals surface area contributed by atoms with E-state index < -0.39 is 29.2 Å². The molecule has 2 aromatic heterocycles. The monoisotopic (exact) mass is 634 g/mol. The fourth-order valence-corrected chi connectivity index (χ4v) is 6.89. The summed E-state index contributed by atoms with van der Waals surface area (Å²) < 4.78 is 6.00. The van der Waals surface area contributed by atoms with Gasteiger partial charge in [0.1, 0.15) is 33.0 Å². The van der Waals surface area contributed by atoms with Crippen molar-refractivity contribution in [3.8, 4) is 17.6 Å². The average Bonchev–Trinajstić information content (AvgIpc) is 3.39. The molecule has 1 atom stereocenters. The van der Waals surface area contributed by atoms with Crippen LogP contribution in [-0.2, 0) is 9.59 Å². The molecule has 4 aromatic rings. The number of carbonyl (C=O) groups excluding carboxylic acids is 3. The summed E-state index contributed by atoms with van der Waals surface area (Å²) >= 11 is 1.14. The fraction of sp³-hybridized carbons (Fsp3) is 0.286. The first-order chi connectivity index (χ1) is 22.1. The van der Waals surface area contributed by atoms with Gasteiger partial charge in [-0.25, -0.2) is 14.7 Å². The van der Waals surface area contributed by atoms with Crippen molar-refractivity contribution in [3.05, 3.63) is 78.0 Å². The number of amides is 4. The molecule has 0 radical (unpaired) electrons. The van der Waals surface area contributed by atoms with Crippen molar-refractivity contribution in [2.45, 2.75) is 40.5 Å². The fourth-order valence-electron chi connectivity index (χ4n) is 5.77. The van der Waals surface area contributed by atoms with E-state index in [4.69, 9.17) is 4.74 Å². The molecular weight excluding hydrogens is 600 g/mol. The summed E-state index contributed by atoms with van der Waals surface area (Å²) in [6.07, 6.45) is 4.57. The van der Waals surface area contributed by atoms with E-state index in [0.717, 1.165) is 34.8 Å². The number of imide groups is 1. The predicted molar refractivity (Wildman–Crippen MR) is 180 cm³/mol. The molecule has 46 heavy (non-hydrogen) atoms. The van der Waals surface area contributed by atoms with Gasteiger partial charge in [-0.05, 0) is 73.7 Å². The number of piperidine rings is 1. The second kappa shape index (κ2) is 12.4. The Balaban J connectivity index is 1.45. The summed E-state index contributed by atoms with van der Waals surface area (Å²) in [5, 5.41) is 17.1. The number of hydrogen-bond donors (Lipinski definition) is 2. The smallest absolute Gasteiger partial charge is 0.331 e. The van der Waals surface area contributed by atoms with Gasteiger partial charge in [0, 0.05) is 12.7 Å². The number of para-hydroxylation sites is 1. The number of carbonyl (C=O) groups is 3. The molecular formula is C35H34N6O4S. The highest BCUT2D eigenvalue weighted by Crippen LogP contribution is 2.51. The number of aromatic nitrogens is 1. The van der Waals surface area contributed by atoms with Crippen molar-refractivity contribution < 1.29 is 19.1 Å². The van der Waals surface area contributed by atoms with Crippen LogP contribution in [0.3, 0.4) is 0 Å². The molecule has 2 N–H and O–H groups in total. The summed E-state index contributed by atoms with van der Waals surface area (Å²) in [5.41, 5.74) is 1.70. The molecule has 0 aliphatic carbocycles. The number of nitrogens with zero attached hydrogens (tertiary/aromatic N) is 4.